The van der Waals surface area contributed by atoms with Crippen LogP contribution < -0.4 is 10.6 Å². The first-order valence-electron chi connectivity index (χ1n) is 9.90. The van der Waals surface area contributed by atoms with Crippen LogP contribution in [0.15, 0.2) is 22.3 Å². The van der Waals surface area contributed by atoms with Crippen LogP contribution in [0.4, 0.5) is 0 Å². The van der Waals surface area contributed by atoms with E-state index in [0.29, 0.717) is 22.3 Å². The number of nitrogens with one attached hydrogen (secondary N) is 2. The molecule has 2 saturated carbocycles. The van der Waals surface area contributed by atoms with Gasteiger partial charge in [0.25, 0.3) is 23.6 Å². The van der Waals surface area contributed by atoms with E-state index in [1.54, 1.807) is 0 Å². The highest BCUT2D eigenvalue weighted by Crippen LogP contribution is 2.70. The van der Waals surface area contributed by atoms with Crippen LogP contribution in [0.3, 0.4) is 0 Å². The van der Waals surface area contributed by atoms with Crippen molar-refractivity contribution in [2.24, 2.45) is 11.8 Å². The lowest BCUT2D eigenvalue weighted by molar-refractivity contribution is -0.126. The summed E-state index contributed by atoms with van der Waals surface area (Å²) in [5.41, 5.74) is 2.45. The molecule has 6 atom stereocenters. The van der Waals surface area contributed by atoms with E-state index in [-0.39, 0.29) is 44.1 Å². The van der Waals surface area contributed by atoms with Gasteiger partial charge in [-0.05, 0) is 50.4 Å². The van der Waals surface area contributed by atoms with Crippen molar-refractivity contribution in [3.8, 4) is 0 Å². The number of imide groups is 2. The standard InChI is InChI=1S/C20H16Br4N2O4/c21-17(3-7-5-19(17,23)11-9(7)13(27)25-15(11)29)1-2-18(22)4-8-6-20(18,24)12-10(8)14(28)26-16(12)30/h7-8H,1-6H2,(H,25,27,29)(H,26,28,30). The van der Waals surface area contributed by atoms with E-state index in [2.05, 4.69) is 74.4 Å². The third-order valence-corrected chi connectivity index (χ3v) is 14.9. The van der Waals surface area contributed by atoms with Gasteiger partial charge in [0.2, 0.25) is 0 Å². The Morgan fingerprint density at radius 1 is 0.633 bits per heavy atom. The lowest BCUT2D eigenvalue weighted by Gasteiger charge is -2.44. The van der Waals surface area contributed by atoms with Gasteiger partial charge in [-0.2, -0.15) is 0 Å². The van der Waals surface area contributed by atoms with Gasteiger partial charge in [-0.3, -0.25) is 29.8 Å². The number of hydrogen-bond donors (Lipinski definition) is 2. The van der Waals surface area contributed by atoms with Crippen molar-refractivity contribution in [3.05, 3.63) is 22.3 Å². The van der Waals surface area contributed by atoms with Gasteiger partial charge in [-0.1, -0.05) is 63.7 Å². The highest BCUT2D eigenvalue weighted by atomic mass is 79.9. The van der Waals surface area contributed by atoms with Gasteiger partial charge in [0.15, 0.2) is 0 Å². The first-order chi connectivity index (χ1) is 13.9. The number of fused-ring (bicyclic) bond motifs is 8. The quantitative estimate of drug-likeness (QED) is 0.358. The Labute approximate surface area is 205 Å². The first-order valence-corrected chi connectivity index (χ1v) is 13.1. The average Bonchev–Trinajstić information content (AvgIpc) is 3.40. The molecule has 6 nitrogen and oxygen atoms in total. The van der Waals surface area contributed by atoms with Crippen LogP contribution in [-0.4, -0.2) is 40.9 Å². The molecular formula is C20H16Br4N2O4. The summed E-state index contributed by atoms with van der Waals surface area (Å²) >= 11 is 15.7. The molecule has 2 fully saturated rings. The van der Waals surface area contributed by atoms with Gasteiger partial charge in [-0.25, -0.2) is 0 Å². The van der Waals surface area contributed by atoms with Crippen molar-refractivity contribution in [1.82, 2.24) is 10.6 Å². The zero-order chi connectivity index (χ0) is 21.4. The molecule has 0 aromatic heterocycles. The topological polar surface area (TPSA) is 92.3 Å². The zero-order valence-corrected chi connectivity index (χ0v) is 21.9. The van der Waals surface area contributed by atoms with Crippen LogP contribution in [0, 0.1) is 11.8 Å². The van der Waals surface area contributed by atoms with Crippen LogP contribution in [0.2, 0.25) is 0 Å². The average molecular weight is 668 g/mol. The minimum atomic E-state index is -0.582. The van der Waals surface area contributed by atoms with E-state index >= 15 is 0 Å². The van der Waals surface area contributed by atoms with Crippen LogP contribution in [0.1, 0.15) is 38.5 Å². The SMILES string of the molecule is O=C1NC(=O)C2=C1C1CC(Br)(CCC3(Br)CC4CC3(Br)C3=C4C(=O)NC3=O)C2(Br)C1. The van der Waals surface area contributed by atoms with Crippen molar-refractivity contribution < 1.29 is 19.2 Å². The van der Waals surface area contributed by atoms with Crippen LogP contribution in [0.5, 0.6) is 0 Å². The molecule has 4 amide bonds. The molecule has 0 aromatic rings. The summed E-state index contributed by atoms with van der Waals surface area (Å²) in [6, 6.07) is 0. The summed E-state index contributed by atoms with van der Waals surface area (Å²) in [5, 5.41) is 4.90. The third kappa shape index (κ3) is 2.11. The Hall–Kier alpha value is -0.320. The fourth-order valence-corrected chi connectivity index (χ4v) is 11.0. The minimum absolute atomic E-state index is 0.0574. The van der Waals surface area contributed by atoms with E-state index in [0.717, 1.165) is 38.5 Å². The normalized spacial score (nSPS) is 48.1. The minimum Gasteiger partial charge on any atom is -0.289 e. The van der Waals surface area contributed by atoms with Gasteiger partial charge >= 0.3 is 0 Å². The van der Waals surface area contributed by atoms with Crippen LogP contribution in [0.25, 0.3) is 0 Å². The molecule has 0 spiro atoms. The smallest absolute Gasteiger partial charge is 0.256 e. The number of halogens is 4. The number of hydrogen-bond acceptors (Lipinski definition) is 4. The summed E-state index contributed by atoms with van der Waals surface area (Å²) in [4.78, 5) is 49.4. The highest BCUT2D eigenvalue weighted by molar-refractivity contribution is 9.13. The molecular weight excluding hydrogens is 652 g/mol. The summed E-state index contributed by atoms with van der Waals surface area (Å²) in [5.74, 6) is -0.976. The molecule has 2 heterocycles. The molecule has 0 aromatic carbocycles. The number of carbonyl (C=O) groups is 4. The van der Waals surface area contributed by atoms with Crippen molar-refractivity contribution in [1.29, 1.82) is 0 Å². The van der Waals surface area contributed by atoms with Gasteiger partial charge in [-0.15, -0.1) is 0 Å². The second-order valence-electron chi connectivity index (χ2n) is 9.39. The molecule has 10 heteroatoms. The van der Waals surface area contributed by atoms with E-state index in [1.807, 2.05) is 0 Å². The van der Waals surface area contributed by atoms with Gasteiger partial charge in [0, 0.05) is 30.9 Å². The predicted molar refractivity (Wildman–Crippen MR) is 122 cm³/mol. The number of carbonyl (C=O) groups excluding carboxylic acids is 4. The Kier molecular flexibility index (Phi) is 3.91. The molecule has 2 N–H and O–H groups in total. The molecule has 0 saturated heterocycles. The summed E-state index contributed by atoms with van der Waals surface area (Å²) in [7, 11) is 0. The Balaban J connectivity index is 1.31. The second-order valence-corrected chi connectivity index (χ2v) is 15.1. The molecule has 6 rings (SSSR count). The van der Waals surface area contributed by atoms with Crippen molar-refractivity contribution in [3.63, 3.8) is 0 Å². The molecule has 0 radical (unpaired) electrons. The maximum Gasteiger partial charge on any atom is 0.256 e. The molecule has 6 aliphatic rings. The van der Waals surface area contributed by atoms with Gasteiger partial charge < -0.3 is 0 Å². The summed E-state index contributed by atoms with van der Waals surface area (Å²) < 4.78 is -1.91. The highest BCUT2D eigenvalue weighted by Gasteiger charge is 2.70. The van der Waals surface area contributed by atoms with E-state index in [1.165, 1.54) is 0 Å². The van der Waals surface area contributed by atoms with Crippen molar-refractivity contribution in [2.75, 3.05) is 0 Å². The third-order valence-electron chi connectivity index (χ3n) is 8.08. The predicted octanol–water partition coefficient (Wildman–Crippen LogP) is 3.05. The monoisotopic (exact) mass is 664 g/mol. The van der Waals surface area contributed by atoms with Crippen LogP contribution >= 0.6 is 63.7 Å². The summed E-state index contributed by atoms with van der Waals surface area (Å²) in [6.45, 7) is 0. The maximum atomic E-state index is 12.5. The molecule has 2 aliphatic heterocycles. The van der Waals surface area contributed by atoms with Crippen molar-refractivity contribution in [2.45, 2.75) is 55.8 Å². The zero-order valence-electron chi connectivity index (χ0n) is 15.5. The largest absolute Gasteiger partial charge is 0.289 e. The van der Waals surface area contributed by atoms with E-state index in [9.17, 15) is 19.2 Å². The Bertz CT molecular complexity index is 1000. The van der Waals surface area contributed by atoms with Gasteiger partial charge in [0.05, 0.1) is 8.65 Å². The fourth-order valence-electron chi connectivity index (χ4n) is 6.85. The number of rotatable bonds is 3. The molecule has 4 bridgehead atoms. The molecule has 4 aliphatic carbocycles. The number of amides is 4. The maximum absolute atomic E-state index is 12.5. The molecule has 6 unspecified atom stereocenters. The first kappa shape index (κ1) is 20.3. The van der Waals surface area contributed by atoms with Crippen LogP contribution in [-0.2, 0) is 19.2 Å². The summed E-state index contributed by atoms with van der Waals surface area (Å²) in [6.07, 6.45) is 4.49. The van der Waals surface area contributed by atoms with Crippen molar-refractivity contribution >= 4 is 87.3 Å². The Morgan fingerprint density at radius 3 is 1.37 bits per heavy atom. The lowest BCUT2D eigenvalue weighted by Crippen LogP contribution is -2.49. The number of alkyl halides is 4. The second kappa shape index (κ2) is 5.78. The van der Waals surface area contributed by atoms with E-state index in [4.69, 9.17) is 0 Å². The van der Waals surface area contributed by atoms with E-state index < -0.39 is 8.65 Å². The lowest BCUT2D eigenvalue weighted by atomic mass is 9.76. The van der Waals surface area contributed by atoms with Gasteiger partial charge in [0.1, 0.15) is 0 Å². The fraction of sp³-hybridized carbons (Fsp3) is 0.600. The molecule has 158 valence electrons. The molecule has 30 heavy (non-hydrogen) atoms. The Morgan fingerprint density at radius 2 is 1.00 bits per heavy atom.